The van der Waals surface area contributed by atoms with Crippen LogP contribution in [0.5, 0.6) is 0 Å². The van der Waals surface area contributed by atoms with E-state index in [2.05, 4.69) is 0 Å². The molecule has 0 spiro atoms. The van der Waals surface area contributed by atoms with Crippen LogP contribution in [0.1, 0.15) is 35.1 Å². The molecule has 4 bridgehead atoms. The number of hydrogen-bond acceptors (Lipinski definition) is 4. The largest absolute Gasteiger partial charge is 0.426 e. The van der Waals surface area contributed by atoms with Gasteiger partial charge in [0.05, 0.1) is 12.0 Å². The summed E-state index contributed by atoms with van der Waals surface area (Å²) in [5.41, 5.74) is 1.25. The van der Waals surface area contributed by atoms with Crippen LogP contribution in [0.2, 0.25) is 0 Å². The number of aliphatic hydroxyl groups is 1. The Morgan fingerprint density at radius 3 is 2.45 bits per heavy atom. The highest BCUT2D eigenvalue weighted by molar-refractivity contribution is 5.86. The number of carbonyl (C=O) groups is 1. The molecule has 3 heterocycles. The Kier molecular flexibility index (Phi) is 2.12. The monoisotopic (exact) mass is 294 g/mol. The van der Waals surface area contributed by atoms with Gasteiger partial charge in [0.15, 0.2) is 5.60 Å². The van der Waals surface area contributed by atoms with Gasteiger partial charge in [0.2, 0.25) is 0 Å². The Morgan fingerprint density at radius 2 is 1.68 bits per heavy atom. The molecule has 0 saturated carbocycles. The first kappa shape index (κ1) is 12.4. The highest BCUT2D eigenvalue weighted by Crippen LogP contribution is 2.66. The average molecular weight is 294 g/mol. The van der Waals surface area contributed by atoms with E-state index in [1.54, 1.807) is 0 Å². The molecule has 0 aromatic heterocycles. The van der Waals surface area contributed by atoms with E-state index in [4.69, 9.17) is 9.47 Å². The minimum atomic E-state index is -1.51. The number of rotatable bonds is 1. The van der Waals surface area contributed by atoms with Crippen molar-refractivity contribution in [3.63, 3.8) is 0 Å². The fourth-order valence-electron chi connectivity index (χ4n) is 4.21. The maximum Gasteiger partial charge on any atom is 0.341 e. The lowest BCUT2D eigenvalue weighted by Gasteiger charge is -2.49. The van der Waals surface area contributed by atoms with Crippen LogP contribution in [-0.4, -0.2) is 16.7 Å². The normalized spacial score (nSPS) is 37.8. The molecule has 4 atom stereocenters. The van der Waals surface area contributed by atoms with Crippen LogP contribution in [0, 0.1) is 0 Å². The predicted octanol–water partition coefficient (Wildman–Crippen LogP) is 2.39. The van der Waals surface area contributed by atoms with Crippen molar-refractivity contribution in [1.82, 2.24) is 0 Å². The van der Waals surface area contributed by atoms with Crippen molar-refractivity contribution in [2.75, 3.05) is 0 Å². The Labute approximate surface area is 127 Å². The molecular weight excluding hydrogens is 280 g/mol. The first-order chi connectivity index (χ1) is 10.7. The van der Waals surface area contributed by atoms with Gasteiger partial charge in [0, 0.05) is 12.0 Å². The summed E-state index contributed by atoms with van der Waals surface area (Å²) in [7, 11) is 0. The van der Waals surface area contributed by atoms with Crippen molar-refractivity contribution in [3.8, 4) is 0 Å². The molecule has 2 saturated heterocycles. The summed E-state index contributed by atoms with van der Waals surface area (Å²) in [4.78, 5) is 12.4. The molecule has 3 aliphatic heterocycles. The summed E-state index contributed by atoms with van der Waals surface area (Å²) in [5.74, 6) is -2.33. The lowest BCUT2D eigenvalue weighted by atomic mass is 9.65. The zero-order chi connectivity index (χ0) is 14.9. The molecule has 0 amide bonds. The lowest BCUT2D eigenvalue weighted by Crippen LogP contribution is -2.54. The molecular formula is C18H14O4. The number of carbonyl (C=O) groups excluding carboxylic acids is 1. The molecule has 22 heavy (non-hydrogen) atoms. The van der Waals surface area contributed by atoms with Crippen molar-refractivity contribution < 1.29 is 19.4 Å². The van der Waals surface area contributed by atoms with Crippen molar-refractivity contribution in [1.29, 1.82) is 0 Å². The fraction of sp³-hybridized carbons (Fsp3) is 0.278. The minimum Gasteiger partial charge on any atom is -0.426 e. The molecule has 1 aliphatic carbocycles. The zero-order valence-electron chi connectivity index (χ0n) is 11.7. The first-order valence-electron chi connectivity index (χ1n) is 7.43. The SMILES string of the molecule is O=C1O[C@@]2(c3ccccc3)O[C@@H]3C[C@@]1(O)[C@H]2c1ccccc13. The van der Waals surface area contributed by atoms with Crippen LogP contribution in [0.15, 0.2) is 54.6 Å². The topological polar surface area (TPSA) is 55.8 Å². The van der Waals surface area contributed by atoms with Crippen molar-refractivity contribution in [3.05, 3.63) is 71.3 Å². The van der Waals surface area contributed by atoms with Gasteiger partial charge in [-0.15, -0.1) is 0 Å². The second kappa shape index (κ2) is 3.77. The highest BCUT2D eigenvalue weighted by atomic mass is 16.7. The van der Waals surface area contributed by atoms with E-state index >= 15 is 0 Å². The molecule has 110 valence electrons. The van der Waals surface area contributed by atoms with Gasteiger partial charge in [-0.3, -0.25) is 0 Å². The summed E-state index contributed by atoms with van der Waals surface area (Å²) in [6.07, 6.45) is -0.0832. The van der Waals surface area contributed by atoms with Crippen LogP contribution in [0.25, 0.3) is 0 Å². The zero-order valence-corrected chi connectivity index (χ0v) is 11.7. The summed E-state index contributed by atoms with van der Waals surface area (Å²) in [6.45, 7) is 0. The molecule has 2 aromatic rings. The highest BCUT2D eigenvalue weighted by Gasteiger charge is 2.74. The maximum absolute atomic E-state index is 12.4. The Bertz CT molecular complexity index is 787. The van der Waals surface area contributed by atoms with E-state index < -0.39 is 23.3 Å². The number of benzene rings is 2. The van der Waals surface area contributed by atoms with Gasteiger partial charge in [-0.05, 0) is 11.1 Å². The summed E-state index contributed by atoms with van der Waals surface area (Å²) in [5, 5.41) is 11.0. The average Bonchev–Trinajstić information content (AvgIpc) is 2.71. The molecule has 0 unspecified atom stereocenters. The standard InChI is InChI=1S/C18H14O4/c19-16-17(20)10-14-12-8-4-5-9-13(12)15(17)18(21-14,22-16)11-6-2-1-3-7-11/h1-9,14-15,20H,10H2/t14-,15-,17-,18-/m1/s1. The molecule has 2 aromatic carbocycles. The quantitative estimate of drug-likeness (QED) is 0.821. The maximum atomic E-state index is 12.4. The number of hydrogen-bond donors (Lipinski definition) is 1. The van der Waals surface area contributed by atoms with E-state index in [-0.39, 0.29) is 12.5 Å². The Balaban J connectivity index is 1.81. The van der Waals surface area contributed by atoms with Crippen LogP contribution >= 0.6 is 0 Å². The van der Waals surface area contributed by atoms with Crippen LogP contribution < -0.4 is 0 Å². The van der Waals surface area contributed by atoms with Gasteiger partial charge in [-0.25, -0.2) is 4.79 Å². The second-order valence-electron chi connectivity index (χ2n) is 6.22. The Morgan fingerprint density at radius 1 is 1.00 bits per heavy atom. The second-order valence-corrected chi connectivity index (χ2v) is 6.22. The molecule has 6 rings (SSSR count). The van der Waals surface area contributed by atoms with Gasteiger partial charge < -0.3 is 14.6 Å². The van der Waals surface area contributed by atoms with Crippen LogP contribution in [0.4, 0.5) is 0 Å². The summed E-state index contributed by atoms with van der Waals surface area (Å²) >= 11 is 0. The van der Waals surface area contributed by atoms with Gasteiger partial charge in [-0.1, -0.05) is 54.6 Å². The van der Waals surface area contributed by atoms with E-state index in [1.165, 1.54) is 0 Å². The van der Waals surface area contributed by atoms with E-state index in [0.717, 1.165) is 16.7 Å². The molecule has 4 heteroatoms. The van der Waals surface area contributed by atoms with Crippen LogP contribution in [0.3, 0.4) is 0 Å². The van der Waals surface area contributed by atoms with Crippen LogP contribution in [-0.2, 0) is 20.1 Å². The van der Waals surface area contributed by atoms with Gasteiger partial charge in [0.25, 0.3) is 5.79 Å². The minimum absolute atomic E-state index is 0.252. The van der Waals surface area contributed by atoms with Crippen molar-refractivity contribution in [2.45, 2.75) is 29.8 Å². The first-order valence-corrected chi connectivity index (χ1v) is 7.43. The van der Waals surface area contributed by atoms with Gasteiger partial charge in [-0.2, -0.15) is 0 Å². The van der Waals surface area contributed by atoms with Crippen molar-refractivity contribution >= 4 is 5.97 Å². The molecule has 4 aliphatic rings. The number of ether oxygens (including phenoxy) is 2. The van der Waals surface area contributed by atoms with E-state index in [1.807, 2.05) is 54.6 Å². The number of esters is 1. The predicted molar refractivity (Wildman–Crippen MR) is 76.8 cm³/mol. The smallest absolute Gasteiger partial charge is 0.341 e. The fourth-order valence-corrected chi connectivity index (χ4v) is 4.21. The lowest BCUT2D eigenvalue weighted by molar-refractivity contribution is -0.277. The molecule has 2 fully saturated rings. The van der Waals surface area contributed by atoms with E-state index in [9.17, 15) is 9.90 Å². The molecule has 0 radical (unpaired) electrons. The third-order valence-corrected chi connectivity index (χ3v) is 5.10. The summed E-state index contributed by atoms with van der Waals surface area (Å²) in [6, 6.07) is 17.2. The van der Waals surface area contributed by atoms with Gasteiger partial charge in [0.1, 0.15) is 0 Å². The third-order valence-electron chi connectivity index (χ3n) is 5.10. The summed E-state index contributed by atoms with van der Waals surface area (Å²) < 4.78 is 11.9. The molecule has 1 N–H and O–H groups in total. The van der Waals surface area contributed by atoms with Crippen molar-refractivity contribution in [2.24, 2.45) is 0 Å². The third kappa shape index (κ3) is 1.24. The van der Waals surface area contributed by atoms with E-state index in [0.29, 0.717) is 0 Å². The molecule has 4 nitrogen and oxygen atoms in total. The Hall–Kier alpha value is -2.17. The van der Waals surface area contributed by atoms with Gasteiger partial charge >= 0.3 is 5.97 Å².